The normalized spacial score (nSPS) is 15.8. The van der Waals surface area contributed by atoms with Gasteiger partial charge in [0.1, 0.15) is 10.1 Å². The fourth-order valence-electron chi connectivity index (χ4n) is 1.42. The van der Waals surface area contributed by atoms with Crippen molar-refractivity contribution in [2.75, 3.05) is 5.43 Å². The molecule has 2 amide bonds. The lowest BCUT2D eigenvalue weighted by molar-refractivity contribution is -0.135. The number of hydrogen-bond donors (Lipinski definition) is 1. The van der Waals surface area contributed by atoms with Gasteiger partial charge in [0.25, 0.3) is 11.8 Å². The number of hydrogen-bond acceptors (Lipinski definition) is 3. The molecule has 0 unspecified atom stereocenters. The van der Waals surface area contributed by atoms with Crippen molar-refractivity contribution >= 4 is 40.7 Å². The van der Waals surface area contributed by atoms with E-state index in [9.17, 15) is 9.59 Å². The number of carbonyl (C=O) groups excluding carboxylic acids is 2. The fourth-order valence-corrected chi connectivity index (χ4v) is 1.75. The van der Waals surface area contributed by atoms with Gasteiger partial charge in [-0.15, -0.1) is 0 Å². The predicted molar refractivity (Wildman–Crippen MR) is 65.4 cm³/mol. The van der Waals surface area contributed by atoms with Crippen LogP contribution in [0.3, 0.4) is 0 Å². The average molecular weight is 271 g/mol. The van der Waals surface area contributed by atoms with E-state index in [-0.39, 0.29) is 10.1 Å². The maximum atomic E-state index is 11.6. The highest BCUT2D eigenvalue weighted by atomic mass is 35.5. The predicted octanol–water partition coefficient (Wildman–Crippen LogP) is 2.38. The van der Waals surface area contributed by atoms with Gasteiger partial charge in [-0.05, 0) is 24.6 Å². The molecule has 0 saturated heterocycles. The van der Waals surface area contributed by atoms with E-state index >= 15 is 0 Å². The smallest absolute Gasteiger partial charge is 0.288 e. The lowest BCUT2D eigenvalue weighted by atomic mass is 10.2. The SMILES string of the molecule is Cc1cccc(NN2C(=O)C(Cl)=C(Cl)C2=O)c1. The van der Waals surface area contributed by atoms with Gasteiger partial charge in [-0.1, -0.05) is 35.3 Å². The molecule has 0 spiro atoms. The van der Waals surface area contributed by atoms with E-state index in [4.69, 9.17) is 23.2 Å². The number of imide groups is 1. The van der Waals surface area contributed by atoms with Gasteiger partial charge in [-0.2, -0.15) is 5.01 Å². The Labute approximate surface area is 108 Å². The molecule has 1 aromatic carbocycles. The maximum absolute atomic E-state index is 11.6. The molecule has 1 aliphatic rings. The number of amides is 2. The van der Waals surface area contributed by atoms with Crippen LogP contribution in [0, 0.1) is 6.92 Å². The topological polar surface area (TPSA) is 49.4 Å². The maximum Gasteiger partial charge on any atom is 0.292 e. The first-order valence-electron chi connectivity index (χ1n) is 4.78. The Bertz CT molecular complexity index is 516. The Morgan fingerprint density at radius 3 is 2.24 bits per heavy atom. The van der Waals surface area contributed by atoms with Crippen molar-refractivity contribution in [3.63, 3.8) is 0 Å². The lowest BCUT2D eigenvalue weighted by Crippen LogP contribution is -2.36. The van der Waals surface area contributed by atoms with Gasteiger partial charge in [-0.3, -0.25) is 15.0 Å². The second-order valence-electron chi connectivity index (χ2n) is 3.55. The molecule has 1 aromatic rings. The van der Waals surface area contributed by atoms with Gasteiger partial charge in [0.05, 0.1) is 5.69 Å². The molecule has 0 bridgehead atoms. The average Bonchev–Trinajstić information content (AvgIpc) is 2.47. The molecule has 1 aliphatic heterocycles. The summed E-state index contributed by atoms with van der Waals surface area (Å²) in [6.07, 6.45) is 0. The van der Waals surface area contributed by atoms with E-state index < -0.39 is 11.8 Å². The molecule has 0 aromatic heterocycles. The van der Waals surface area contributed by atoms with Gasteiger partial charge in [0.2, 0.25) is 0 Å². The van der Waals surface area contributed by atoms with E-state index in [1.165, 1.54) is 0 Å². The zero-order valence-electron chi connectivity index (χ0n) is 8.83. The van der Waals surface area contributed by atoms with Crippen LogP contribution in [0.5, 0.6) is 0 Å². The summed E-state index contributed by atoms with van der Waals surface area (Å²) in [7, 11) is 0. The number of benzene rings is 1. The van der Waals surface area contributed by atoms with Crippen LogP contribution in [0.4, 0.5) is 5.69 Å². The van der Waals surface area contributed by atoms with Gasteiger partial charge < -0.3 is 0 Å². The summed E-state index contributed by atoms with van der Waals surface area (Å²) in [4.78, 5) is 23.2. The summed E-state index contributed by atoms with van der Waals surface area (Å²) in [6.45, 7) is 1.90. The van der Waals surface area contributed by atoms with Gasteiger partial charge in [0.15, 0.2) is 0 Å². The van der Waals surface area contributed by atoms with Crippen LogP contribution in [-0.2, 0) is 9.59 Å². The number of rotatable bonds is 2. The Kier molecular flexibility index (Phi) is 3.09. The van der Waals surface area contributed by atoms with Crippen molar-refractivity contribution in [1.29, 1.82) is 0 Å². The van der Waals surface area contributed by atoms with Crippen molar-refractivity contribution in [3.8, 4) is 0 Å². The largest absolute Gasteiger partial charge is 0.292 e. The molecule has 0 aliphatic carbocycles. The number of anilines is 1. The highest BCUT2D eigenvalue weighted by molar-refractivity contribution is 6.58. The van der Waals surface area contributed by atoms with Crippen LogP contribution < -0.4 is 5.43 Å². The van der Waals surface area contributed by atoms with Gasteiger partial charge in [-0.25, -0.2) is 0 Å². The molecule has 4 nitrogen and oxygen atoms in total. The molecule has 2 rings (SSSR count). The minimum atomic E-state index is -0.650. The van der Waals surface area contributed by atoms with Crippen molar-refractivity contribution in [2.24, 2.45) is 0 Å². The molecule has 0 saturated carbocycles. The Hall–Kier alpha value is -1.52. The Morgan fingerprint density at radius 2 is 1.71 bits per heavy atom. The third-order valence-corrected chi connectivity index (χ3v) is 3.03. The summed E-state index contributed by atoms with van der Waals surface area (Å²) >= 11 is 11.2. The Morgan fingerprint density at radius 1 is 1.12 bits per heavy atom. The van der Waals surface area contributed by atoms with Crippen LogP contribution in [-0.4, -0.2) is 16.8 Å². The molecule has 1 heterocycles. The number of halogens is 2. The molecule has 1 N–H and O–H groups in total. The number of hydrazine groups is 1. The first-order chi connectivity index (χ1) is 8.00. The van der Waals surface area contributed by atoms with Crippen LogP contribution in [0.25, 0.3) is 0 Å². The second-order valence-corrected chi connectivity index (χ2v) is 4.31. The highest BCUT2D eigenvalue weighted by Gasteiger charge is 2.37. The molecule has 0 fully saturated rings. The molecule has 6 heteroatoms. The van der Waals surface area contributed by atoms with E-state index in [0.29, 0.717) is 5.69 Å². The fraction of sp³-hybridized carbons (Fsp3) is 0.0909. The molecule has 17 heavy (non-hydrogen) atoms. The molecule has 0 atom stereocenters. The van der Waals surface area contributed by atoms with Crippen molar-refractivity contribution in [2.45, 2.75) is 6.92 Å². The molecule has 0 radical (unpaired) electrons. The number of carbonyl (C=O) groups is 2. The molecule has 88 valence electrons. The van der Waals surface area contributed by atoms with Gasteiger partial charge >= 0.3 is 0 Å². The summed E-state index contributed by atoms with van der Waals surface area (Å²) in [5.74, 6) is -1.30. The Balaban J connectivity index is 2.22. The van der Waals surface area contributed by atoms with Crippen LogP contribution in [0.1, 0.15) is 5.56 Å². The van der Waals surface area contributed by atoms with Crippen LogP contribution in [0.2, 0.25) is 0 Å². The third-order valence-electron chi connectivity index (χ3n) is 2.23. The quantitative estimate of drug-likeness (QED) is 0.840. The summed E-state index contributed by atoms with van der Waals surface area (Å²) in [5, 5.41) is 0.257. The van der Waals surface area contributed by atoms with Crippen LogP contribution in [0.15, 0.2) is 34.3 Å². The molecular weight excluding hydrogens is 263 g/mol. The van der Waals surface area contributed by atoms with Crippen molar-refractivity contribution in [3.05, 3.63) is 39.9 Å². The number of aryl methyl sites for hydroxylation is 1. The third kappa shape index (κ3) is 2.14. The summed E-state index contributed by atoms with van der Waals surface area (Å²) < 4.78 is 0. The first kappa shape index (κ1) is 12.0. The summed E-state index contributed by atoms with van der Waals surface area (Å²) in [5.41, 5.74) is 4.28. The monoisotopic (exact) mass is 270 g/mol. The van der Waals surface area contributed by atoms with E-state index in [2.05, 4.69) is 5.43 Å². The van der Waals surface area contributed by atoms with Gasteiger partial charge in [0, 0.05) is 0 Å². The van der Waals surface area contributed by atoms with Crippen molar-refractivity contribution in [1.82, 2.24) is 5.01 Å². The zero-order valence-corrected chi connectivity index (χ0v) is 10.3. The van der Waals surface area contributed by atoms with Crippen LogP contribution >= 0.6 is 23.2 Å². The standard InChI is InChI=1S/C11H8Cl2N2O2/c1-6-3-2-4-7(5-6)14-15-10(16)8(12)9(13)11(15)17/h2-5,14H,1H3. The number of nitrogens with zero attached hydrogens (tertiary/aromatic N) is 1. The first-order valence-corrected chi connectivity index (χ1v) is 5.53. The lowest BCUT2D eigenvalue weighted by Gasteiger charge is -2.16. The highest BCUT2D eigenvalue weighted by Crippen LogP contribution is 2.27. The van der Waals surface area contributed by atoms with E-state index in [1.807, 2.05) is 13.0 Å². The minimum Gasteiger partial charge on any atom is -0.288 e. The summed E-state index contributed by atoms with van der Waals surface area (Å²) in [6, 6.07) is 7.23. The second kappa shape index (κ2) is 4.39. The van der Waals surface area contributed by atoms with E-state index in [1.54, 1.807) is 18.2 Å². The molecular formula is C11H8Cl2N2O2. The minimum absolute atomic E-state index is 0.267. The van der Waals surface area contributed by atoms with E-state index in [0.717, 1.165) is 10.6 Å². The zero-order chi connectivity index (χ0) is 12.6. The van der Waals surface area contributed by atoms with Crippen molar-refractivity contribution < 1.29 is 9.59 Å². The number of nitrogens with one attached hydrogen (secondary N) is 1.